The summed E-state index contributed by atoms with van der Waals surface area (Å²) < 4.78 is 7.20. The Kier molecular flexibility index (Phi) is 5.60. The van der Waals surface area contributed by atoms with Gasteiger partial charge in [0.15, 0.2) is 5.16 Å². The molecule has 2 N–H and O–H groups in total. The number of hydrogen-bond acceptors (Lipinski definition) is 6. The van der Waals surface area contributed by atoms with E-state index in [2.05, 4.69) is 15.5 Å². The van der Waals surface area contributed by atoms with E-state index in [4.69, 9.17) is 4.74 Å². The number of thioether (sulfide) groups is 1. The first-order chi connectivity index (χ1) is 10.1. The molecule has 1 aliphatic rings. The average Bonchev–Trinajstić information content (AvgIpc) is 2.95. The van der Waals surface area contributed by atoms with Gasteiger partial charge < -0.3 is 19.7 Å². The van der Waals surface area contributed by atoms with Gasteiger partial charge in [0.1, 0.15) is 6.33 Å². The first-order valence-corrected chi connectivity index (χ1v) is 8.07. The number of nitrogens with zero attached hydrogens (tertiary/aromatic N) is 3. The molecule has 0 radical (unpaired) electrons. The number of rotatable bonds is 6. The van der Waals surface area contributed by atoms with Crippen molar-refractivity contribution in [2.75, 3.05) is 25.6 Å². The Morgan fingerprint density at radius 1 is 1.57 bits per heavy atom. The summed E-state index contributed by atoms with van der Waals surface area (Å²) in [5.41, 5.74) is -0.540. The lowest BCUT2D eigenvalue weighted by atomic mass is 9.91. The number of amides is 1. The smallest absolute Gasteiger partial charge is 0.230 e. The predicted octanol–water partition coefficient (Wildman–Crippen LogP) is 0.609. The molecule has 1 fully saturated rings. The number of aromatic nitrogens is 3. The van der Waals surface area contributed by atoms with Crippen molar-refractivity contribution in [1.29, 1.82) is 0 Å². The summed E-state index contributed by atoms with van der Waals surface area (Å²) in [6, 6.07) is 0.254. The van der Waals surface area contributed by atoms with Crippen LogP contribution in [0.4, 0.5) is 0 Å². The molecule has 21 heavy (non-hydrogen) atoms. The predicted molar refractivity (Wildman–Crippen MR) is 79.1 cm³/mol. The summed E-state index contributed by atoms with van der Waals surface area (Å²) in [6.45, 7) is 5.15. The summed E-state index contributed by atoms with van der Waals surface area (Å²) in [5.74, 6) is 0.155. The number of hydrogen-bond donors (Lipinski definition) is 2. The molecule has 8 heteroatoms. The highest BCUT2D eigenvalue weighted by Crippen LogP contribution is 2.22. The Bertz CT molecular complexity index is 472. The fraction of sp³-hybridized carbons (Fsp3) is 0.769. The topological polar surface area (TPSA) is 89.3 Å². The minimum Gasteiger partial charge on any atom is -0.394 e. The fourth-order valence-corrected chi connectivity index (χ4v) is 3.08. The van der Waals surface area contributed by atoms with Crippen LogP contribution in [0.25, 0.3) is 0 Å². The Hall–Kier alpha value is -1.12. The van der Waals surface area contributed by atoms with Crippen molar-refractivity contribution in [3.05, 3.63) is 6.33 Å². The first-order valence-electron chi connectivity index (χ1n) is 7.08. The second-order valence-corrected chi connectivity index (χ2v) is 6.44. The molecule has 0 aliphatic carbocycles. The first kappa shape index (κ1) is 16.3. The summed E-state index contributed by atoms with van der Waals surface area (Å²) in [5, 5.41) is 21.1. The van der Waals surface area contributed by atoms with Crippen molar-refractivity contribution in [3.63, 3.8) is 0 Å². The standard InChI is InChI=1S/C13H22N4O3S/c1-10(2)17-9-14-16-12(17)21-7-11(19)15-13(8-18)3-5-20-6-4-13/h9-10,18H,3-8H2,1-2H3,(H,15,19). The van der Waals surface area contributed by atoms with Crippen molar-refractivity contribution in [2.45, 2.75) is 43.4 Å². The molecule has 0 spiro atoms. The largest absolute Gasteiger partial charge is 0.394 e. The highest BCUT2D eigenvalue weighted by molar-refractivity contribution is 7.99. The number of aliphatic hydroxyl groups excluding tert-OH is 1. The molecular weight excluding hydrogens is 292 g/mol. The van der Waals surface area contributed by atoms with Crippen LogP contribution in [0.15, 0.2) is 11.5 Å². The highest BCUT2D eigenvalue weighted by atomic mass is 32.2. The van der Waals surface area contributed by atoms with Gasteiger partial charge in [-0.05, 0) is 26.7 Å². The van der Waals surface area contributed by atoms with E-state index in [0.29, 0.717) is 26.1 Å². The maximum absolute atomic E-state index is 12.1. The normalized spacial score (nSPS) is 17.9. The minimum atomic E-state index is -0.540. The number of carbonyl (C=O) groups is 1. The van der Waals surface area contributed by atoms with Crippen molar-refractivity contribution >= 4 is 17.7 Å². The summed E-state index contributed by atoms with van der Waals surface area (Å²) in [6.07, 6.45) is 2.95. The van der Waals surface area contributed by atoms with E-state index in [0.717, 1.165) is 5.16 Å². The van der Waals surface area contributed by atoms with E-state index in [1.807, 2.05) is 18.4 Å². The van der Waals surface area contributed by atoms with Gasteiger partial charge in [-0.15, -0.1) is 10.2 Å². The fourth-order valence-electron chi connectivity index (χ4n) is 2.24. The maximum Gasteiger partial charge on any atom is 0.230 e. The summed E-state index contributed by atoms with van der Waals surface area (Å²) in [7, 11) is 0. The van der Waals surface area contributed by atoms with Crippen LogP contribution < -0.4 is 5.32 Å². The van der Waals surface area contributed by atoms with Crippen molar-refractivity contribution in [3.8, 4) is 0 Å². The van der Waals surface area contributed by atoms with E-state index >= 15 is 0 Å². The van der Waals surface area contributed by atoms with Gasteiger partial charge in [0, 0.05) is 19.3 Å². The third-order valence-electron chi connectivity index (χ3n) is 3.59. The van der Waals surface area contributed by atoms with Crippen LogP contribution in [0.3, 0.4) is 0 Å². The monoisotopic (exact) mass is 314 g/mol. The molecular formula is C13H22N4O3S. The molecule has 0 aromatic carbocycles. The van der Waals surface area contributed by atoms with E-state index in [9.17, 15) is 9.90 Å². The molecule has 1 aliphatic heterocycles. The molecule has 0 unspecified atom stereocenters. The maximum atomic E-state index is 12.1. The molecule has 1 saturated heterocycles. The molecule has 1 amide bonds. The van der Waals surface area contributed by atoms with E-state index in [1.165, 1.54) is 11.8 Å². The van der Waals surface area contributed by atoms with Gasteiger partial charge in [0.05, 0.1) is 17.9 Å². The SMILES string of the molecule is CC(C)n1cnnc1SCC(=O)NC1(CO)CCOCC1. The Morgan fingerprint density at radius 2 is 2.29 bits per heavy atom. The number of aliphatic hydroxyl groups is 1. The van der Waals surface area contributed by atoms with Gasteiger partial charge >= 0.3 is 0 Å². The molecule has 2 heterocycles. The van der Waals surface area contributed by atoms with Crippen LogP contribution in [0.2, 0.25) is 0 Å². The molecule has 1 aromatic rings. The number of nitrogens with one attached hydrogen (secondary N) is 1. The number of carbonyl (C=O) groups excluding carboxylic acids is 1. The summed E-state index contributed by atoms with van der Waals surface area (Å²) in [4.78, 5) is 12.1. The van der Waals surface area contributed by atoms with Gasteiger partial charge in [-0.3, -0.25) is 4.79 Å². The lowest BCUT2D eigenvalue weighted by molar-refractivity contribution is -0.122. The van der Waals surface area contributed by atoms with Crippen molar-refractivity contribution in [1.82, 2.24) is 20.1 Å². The molecule has 0 saturated carbocycles. The average molecular weight is 314 g/mol. The van der Waals surface area contributed by atoms with E-state index in [1.54, 1.807) is 6.33 Å². The zero-order valence-corrected chi connectivity index (χ0v) is 13.2. The highest BCUT2D eigenvalue weighted by Gasteiger charge is 2.33. The molecule has 118 valence electrons. The Morgan fingerprint density at radius 3 is 2.90 bits per heavy atom. The number of ether oxygens (including phenoxy) is 1. The van der Waals surface area contributed by atoms with Gasteiger partial charge in [0.2, 0.25) is 5.91 Å². The quantitative estimate of drug-likeness (QED) is 0.748. The molecule has 7 nitrogen and oxygen atoms in total. The lowest BCUT2D eigenvalue weighted by Gasteiger charge is -2.36. The van der Waals surface area contributed by atoms with Gasteiger partial charge in [-0.2, -0.15) is 0 Å². The van der Waals surface area contributed by atoms with Crippen molar-refractivity contribution < 1.29 is 14.6 Å². The molecule has 1 aromatic heterocycles. The molecule has 0 atom stereocenters. The molecule has 2 rings (SSSR count). The zero-order chi connectivity index (χ0) is 15.3. The van der Waals surface area contributed by atoms with Crippen LogP contribution in [0, 0.1) is 0 Å². The van der Waals surface area contributed by atoms with Crippen LogP contribution in [0.1, 0.15) is 32.7 Å². The van der Waals surface area contributed by atoms with Gasteiger partial charge in [-0.1, -0.05) is 11.8 Å². The molecule has 0 bridgehead atoms. The lowest BCUT2D eigenvalue weighted by Crippen LogP contribution is -2.55. The van der Waals surface area contributed by atoms with Crippen molar-refractivity contribution in [2.24, 2.45) is 0 Å². The second-order valence-electron chi connectivity index (χ2n) is 5.50. The third kappa shape index (κ3) is 4.18. The van der Waals surface area contributed by atoms with Crippen LogP contribution in [-0.4, -0.2) is 56.9 Å². The Balaban J connectivity index is 1.88. The Labute approximate surface area is 128 Å². The van der Waals surface area contributed by atoms with Crippen LogP contribution >= 0.6 is 11.8 Å². The van der Waals surface area contributed by atoms with E-state index < -0.39 is 5.54 Å². The van der Waals surface area contributed by atoms with Crippen LogP contribution in [-0.2, 0) is 9.53 Å². The third-order valence-corrected chi connectivity index (χ3v) is 4.54. The van der Waals surface area contributed by atoms with Gasteiger partial charge in [0.25, 0.3) is 0 Å². The minimum absolute atomic E-state index is 0.0606. The summed E-state index contributed by atoms with van der Waals surface area (Å²) >= 11 is 1.35. The second kappa shape index (κ2) is 7.24. The zero-order valence-electron chi connectivity index (χ0n) is 12.4. The van der Waals surface area contributed by atoms with Gasteiger partial charge in [-0.25, -0.2) is 0 Å². The van der Waals surface area contributed by atoms with E-state index in [-0.39, 0.29) is 24.3 Å². The van der Waals surface area contributed by atoms with Crippen LogP contribution in [0.5, 0.6) is 0 Å².